The molecular weight excluding hydrogens is 156 g/mol. The van der Waals surface area contributed by atoms with Crippen LogP contribution in [0.1, 0.15) is 23.9 Å². The first kappa shape index (κ1) is 7.76. The van der Waals surface area contributed by atoms with Gasteiger partial charge in [-0.2, -0.15) is 0 Å². The zero-order valence-electron chi connectivity index (χ0n) is 6.95. The Kier molecular flexibility index (Phi) is 1.86. The second-order valence-corrected chi connectivity index (χ2v) is 3.08. The number of nitrogens with one attached hydrogen (secondary N) is 1. The van der Waals surface area contributed by atoms with E-state index in [0.717, 1.165) is 24.4 Å². The molecule has 1 aromatic heterocycles. The molecule has 2 N–H and O–H groups in total. The molecule has 0 amide bonds. The second-order valence-electron chi connectivity index (χ2n) is 3.08. The summed E-state index contributed by atoms with van der Waals surface area (Å²) in [5.74, 6) is 0.786. The quantitative estimate of drug-likeness (QED) is 0.636. The molecule has 0 bridgehead atoms. The molecule has 0 radical (unpaired) electrons. The monoisotopic (exact) mass is 168 g/mol. The van der Waals surface area contributed by atoms with E-state index in [4.69, 9.17) is 4.42 Å². The summed E-state index contributed by atoms with van der Waals surface area (Å²) < 4.78 is 5.06. The largest absolute Gasteiger partial charge is 0.448 e. The molecule has 0 spiro atoms. The Balaban J connectivity index is 2.24. The van der Waals surface area contributed by atoms with Gasteiger partial charge in [-0.05, 0) is 19.9 Å². The molecule has 4 nitrogen and oxygen atoms in total. The smallest absolute Gasteiger partial charge is 0.181 e. The van der Waals surface area contributed by atoms with Gasteiger partial charge >= 0.3 is 0 Å². The van der Waals surface area contributed by atoms with Crippen molar-refractivity contribution in [2.45, 2.75) is 25.5 Å². The number of aryl methyl sites for hydroxylation is 1. The highest BCUT2D eigenvalue weighted by Crippen LogP contribution is 2.24. The van der Waals surface area contributed by atoms with Gasteiger partial charge in [0, 0.05) is 0 Å². The molecule has 1 aromatic rings. The minimum Gasteiger partial charge on any atom is -0.448 e. The lowest BCUT2D eigenvalue weighted by atomic mass is 10.1. The molecule has 0 aromatic carbocycles. The van der Waals surface area contributed by atoms with Crippen LogP contribution in [0.2, 0.25) is 0 Å². The van der Waals surface area contributed by atoms with Gasteiger partial charge in [0.2, 0.25) is 0 Å². The van der Waals surface area contributed by atoms with Crippen LogP contribution in [0.15, 0.2) is 10.8 Å². The summed E-state index contributed by atoms with van der Waals surface area (Å²) >= 11 is 0. The maximum absolute atomic E-state index is 9.54. The normalized spacial score (nSPS) is 29.5. The number of aliphatic hydroxyl groups is 1. The number of aromatic nitrogens is 1. The third kappa shape index (κ3) is 1.13. The van der Waals surface area contributed by atoms with Crippen molar-refractivity contribution in [2.24, 2.45) is 0 Å². The molecule has 0 aliphatic carbocycles. The Morgan fingerprint density at radius 2 is 2.58 bits per heavy atom. The number of aliphatic hydroxyl groups excluding tert-OH is 1. The zero-order valence-corrected chi connectivity index (χ0v) is 6.95. The highest BCUT2D eigenvalue weighted by Gasteiger charge is 2.29. The van der Waals surface area contributed by atoms with E-state index >= 15 is 0 Å². The molecule has 66 valence electrons. The summed E-state index contributed by atoms with van der Waals surface area (Å²) in [6.45, 7) is 2.70. The number of oxazole rings is 1. The van der Waals surface area contributed by atoms with E-state index in [0.29, 0.717) is 0 Å². The van der Waals surface area contributed by atoms with E-state index < -0.39 is 0 Å². The Morgan fingerprint density at radius 1 is 1.75 bits per heavy atom. The van der Waals surface area contributed by atoms with Crippen molar-refractivity contribution in [3.63, 3.8) is 0 Å². The lowest BCUT2D eigenvalue weighted by Crippen LogP contribution is -2.21. The van der Waals surface area contributed by atoms with Crippen molar-refractivity contribution in [3.05, 3.63) is 17.8 Å². The number of nitrogens with zero attached hydrogens (tertiary/aromatic N) is 1. The van der Waals surface area contributed by atoms with Crippen molar-refractivity contribution >= 4 is 0 Å². The van der Waals surface area contributed by atoms with Gasteiger partial charge in [-0.25, -0.2) is 4.98 Å². The number of hydrogen-bond acceptors (Lipinski definition) is 4. The molecule has 1 fully saturated rings. The Hall–Kier alpha value is -0.870. The molecule has 4 heteroatoms. The third-order valence-corrected chi connectivity index (χ3v) is 2.27. The van der Waals surface area contributed by atoms with Crippen LogP contribution in [-0.2, 0) is 0 Å². The minimum absolute atomic E-state index is 0.0382. The predicted octanol–water partition coefficient (Wildman–Crippen LogP) is 0.378. The van der Waals surface area contributed by atoms with Gasteiger partial charge in [-0.15, -0.1) is 0 Å². The van der Waals surface area contributed by atoms with Crippen LogP contribution in [0.5, 0.6) is 0 Å². The lowest BCUT2D eigenvalue weighted by Gasteiger charge is -2.11. The Morgan fingerprint density at radius 3 is 3.08 bits per heavy atom. The van der Waals surface area contributed by atoms with Crippen LogP contribution in [0.25, 0.3) is 0 Å². The summed E-state index contributed by atoms with van der Waals surface area (Å²) in [6.07, 6.45) is 1.88. The predicted molar refractivity (Wildman–Crippen MR) is 42.6 cm³/mol. The van der Waals surface area contributed by atoms with E-state index in [2.05, 4.69) is 10.3 Å². The molecule has 0 saturated carbocycles. The molecule has 2 unspecified atom stereocenters. The van der Waals surface area contributed by atoms with Crippen LogP contribution in [0.4, 0.5) is 0 Å². The molecule has 2 heterocycles. The first-order chi connectivity index (χ1) is 5.79. The second kappa shape index (κ2) is 2.88. The molecule has 1 aliphatic heterocycles. The van der Waals surface area contributed by atoms with Crippen molar-refractivity contribution in [1.82, 2.24) is 10.3 Å². The Labute approximate surface area is 70.6 Å². The van der Waals surface area contributed by atoms with Gasteiger partial charge in [-0.1, -0.05) is 0 Å². The fraction of sp³-hybridized carbons (Fsp3) is 0.625. The van der Waals surface area contributed by atoms with E-state index in [9.17, 15) is 5.11 Å². The molecule has 1 saturated heterocycles. The number of rotatable bonds is 1. The summed E-state index contributed by atoms with van der Waals surface area (Å²) in [7, 11) is 0. The first-order valence-electron chi connectivity index (χ1n) is 4.10. The van der Waals surface area contributed by atoms with Crippen molar-refractivity contribution in [1.29, 1.82) is 0 Å². The van der Waals surface area contributed by atoms with Gasteiger partial charge in [0.15, 0.2) is 6.39 Å². The SMILES string of the molecule is Cc1ocnc1C1NCCC1O. The minimum atomic E-state index is -0.325. The third-order valence-electron chi connectivity index (χ3n) is 2.27. The average molecular weight is 168 g/mol. The van der Waals surface area contributed by atoms with Crippen LogP contribution < -0.4 is 5.32 Å². The molecular formula is C8H12N2O2. The highest BCUT2D eigenvalue weighted by atomic mass is 16.3. The maximum atomic E-state index is 9.54. The summed E-state index contributed by atoms with van der Waals surface area (Å²) in [4.78, 5) is 4.06. The van der Waals surface area contributed by atoms with Gasteiger partial charge in [-0.3, -0.25) is 0 Å². The van der Waals surface area contributed by atoms with E-state index in [1.807, 2.05) is 6.92 Å². The van der Waals surface area contributed by atoms with Crippen LogP contribution >= 0.6 is 0 Å². The van der Waals surface area contributed by atoms with Gasteiger partial charge in [0.25, 0.3) is 0 Å². The van der Waals surface area contributed by atoms with Crippen LogP contribution in [-0.4, -0.2) is 22.7 Å². The van der Waals surface area contributed by atoms with Crippen LogP contribution in [0, 0.1) is 6.92 Å². The molecule has 2 rings (SSSR count). The van der Waals surface area contributed by atoms with Gasteiger partial charge in [0.1, 0.15) is 11.5 Å². The maximum Gasteiger partial charge on any atom is 0.181 e. The molecule has 2 atom stereocenters. The zero-order chi connectivity index (χ0) is 8.55. The van der Waals surface area contributed by atoms with Crippen molar-refractivity contribution in [3.8, 4) is 0 Å². The number of hydrogen-bond donors (Lipinski definition) is 2. The van der Waals surface area contributed by atoms with Gasteiger partial charge < -0.3 is 14.8 Å². The van der Waals surface area contributed by atoms with Crippen molar-refractivity contribution in [2.75, 3.05) is 6.54 Å². The topological polar surface area (TPSA) is 58.3 Å². The first-order valence-corrected chi connectivity index (χ1v) is 4.10. The van der Waals surface area contributed by atoms with E-state index in [1.54, 1.807) is 0 Å². The van der Waals surface area contributed by atoms with Crippen molar-refractivity contribution < 1.29 is 9.52 Å². The lowest BCUT2D eigenvalue weighted by molar-refractivity contribution is 0.158. The summed E-state index contributed by atoms with van der Waals surface area (Å²) in [5, 5.41) is 12.7. The molecule has 1 aliphatic rings. The fourth-order valence-corrected chi connectivity index (χ4v) is 1.58. The summed E-state index contributed by atoms with van der Waals surface area (Å²) in [5.41, 5.74) is 0.833. The van der Waals surface area contributed by atoms with Crippen LogP contribution in [0.3, 0.4) is 0 Å². The fourth-order valence-electron chi connectivity index (χ4n) is 1.58. The standard InChI is InChI=1S/C8H12N2O2/c1-5-7(10-4-12-5)8-6(11)2-3-9-8/h4,6,8-9,11H,2-3H2,1H3. The van der Waals surface area contributed by atoms with Gasteiger partial charge in [0.05, 0.1) is 12.1 Å². The van der Waals surface area contributed by atoms with E-state index in [1.165, 1.54) is 6.39 Å². The Bertz CT molecular complexity index is 272. The highest BCUT2D eigenvalue weighted by molar-refractivity contribution is 5.14. The van der Waals surface area contributed by atoms with E-state index in [-0.39, 0.29) is 12.1 Å². The average Bonchev–Trinajstić information content (AvgIpc) is 2.59. The molecule has 12 heavy (non-hydrogen) atoms. The summed E-state index contributed by atoms with van der Waals surface area (Å²) in [6, 6.07) is -0.0382.